The van der Waals surface area contributed by atoms with E-state index in [1.54, 1.807) is 0 Å². The summed E-state index contributed by atoms with van der Waals surface area (Å²) in [4.78, 5) is 10.9. The lowest BCUT2D eigenvalue weighted by Crippen LogP contribution is -2.25. The Morgan fingerprint density at radius 1 is 0.279 bits per heavy atom. The first-order valence-electron chi connectivity index (χ1n) is 23.3. The Hall–Kier alpha value is -8.50. The van der Waals surface area contributed by atoms with Gasteiger partial charge in [-0.25, -0.2) is 9.97 Å². The van der Waals surface area contributed by atoms with Crippen LogP contribution in [0.2, 0.25) is 0 Å². The molecule has 2 heterocycles. The van der Waals surface area contributed by atoms with Gasteiger partial charge >= 0.3 is 0 Å². The number of thiophene rings is 1. The Kier molecular flexibility index (Phi) is 8.71. The van der Waals surface area contributed by atoms with Crippen LogP contribution in [0.15, 0.2) is 243 Å². The van der Waals surface area contributed by atoms with Crippen molar-refractivity contribution < 1.29 is 0 Å². The number of hydrogen-bond acceptors (Lipinski definition) is 3. The van der Waals surface area contributed by atoms with Crippen molar-refractivity contribution in [2.24, 2.45) is 0 Å². The summed E-state index contributed by atoms with van der Waals surface area (Å²) < 4.78 is 2.58. The zero-order valence-electron chi connectivity index (χ0n) is 36.9. The highest BCUT2D eigenvalue weighted by Crippen LogP contribution is 2.63. The minimum atomic E-state index is -0.458. The zero-order chi connectivity index (χ0) is 44.8. The summed E-state index contributed by atoms with van der Waals surface area (Å²) in [5.74, 6) is 0.693. The molecule has 316 valence electrons. The van der Waals surface area contributed by atoms with E-state index in [2.05, 4.69) is 243 Å². The number of aromatic nitrogens is 2. The van der Waals surface area contributed by atoms with Crippen LogP contribution in [0.5, 0.6) is 0 Å². The first-order chi connectivity index (χ1) is 33.7. The van der Waals surface area contributed by atoms with Gasteiger partial charge in [0.2, 0.25) is 0 Å². The van der Waals surface area contributed by atoms with Crippen molar-refractivity contribution in [2.45, 2.75) is 5.41 Å². The van der Waals surface area contributed by atoms with Gasteiger partial charge in [0.15, 0.2) is 5.82 Å². The Balaban J connectivity index is 0.989. The van der Waals surface area contributed by atoms with Crippen molar-refractivity contribution in [3.05, 3.63) is 265 Å². The summed E-state index contributed by atoms with van der Waals surface area (Å²) in [5, 5.41) is 2.57. The van der Waals surface area contributed by atoms with Crippen LogP contribution in [0.4, 0.5) is 0 Å². The van der Waals surface area contributed by atoms with Crippen LogP contribution in [-0.2, 0) is 5.41 Å². The van der Waals surface area contributed by atoms with Crippen LogP contribution in [0, 0.1) is 0 Å². The maximum Gasteiger partial charge on any atom is 0.160 e. The molecule has 14 rings (SSSR count). The maximum absolute atomic E-state index is 5.45. The minimum absolute atomic E-state index is 0.458. The summed E-state index contributed by atoms with van der Waals surface area (Å²) >= 11 is 1.86. The lowest BCUT2D eigenvalue weighted by atomic mass is 9.70. The molecular weight excluding hydrogens is 841 g/mol. The number of rotatable bonds is 6. The standard InChI is InChI=1S/C65H40N2S/c1-3-16-41(17-4-1)42-30-32-43(33-31-42)46-36-47(49-24-15-25-55-54-23-10-14-29-62(54)68-63(49)55)38-48(37-46)61-40-60(66-64(67-61)44-18-5-2-6-19-44)45-34-35-53-52-22-9-13-28-58(52)65(59(53)39-45)56-26-11-7-20-50(56)51-21-8-12-27-57(51)65/h1-40H. The van der Waals surface area contributed by atoms with Crippen LogP contribution < -0.4 is 0 Å². The fourth-order valence-corrected chi connectivity index (χ4v) is 12.5. The SMILES string of the molecule is c1ccc(-c2ccc(-c3cc(-c4cc(-c5ccc6c(c5)C5(c7ccccc7-c7ccccc75)c5ccccc5-6)nc(-c5ccccc5)n4)cc(-c4cccc5c4sc4ccccc45)c3)cc2)cc1. The molecule has 0 saturated carbocycles. The third kappa shape index (κ3) is 5.89. The van der Waals surface area contributed by atoms with Gasteiger partial charge in [0.05, 0.1) is 16.8 Å². The Bertz CT molecular complexity index is 3900. The van der Waals surface area contributed by atoms with Gasteiger partial charge in [-0.05, 0) is 114 Å². The molecule has 1 spiro atoms. The van der Waals surface area contributed by atoms with Crippen LogP contribution in [0.25, 0.3) is 110 Å². The Morgan fingerprint density at radius 3 is 1.43 bits per heavy atom. The fourth-order valence-electron chi connectivity index (χ4n) is 11.3. The molecule has 0 amide bonds. The highest BCUT2D eigenvalue weighted by Gasteiger charge is 2.51. The quantitative estimate of drug-likeness (QED) is 0.166. The highest BCUT2D eigenvalue weighted by atomic mass is 32.1. The largest absolute Gasteiger partial charge is 0.228 e. The maximum atomic E-state index is 5.45. The summed E-state index contributed by atoms with van der Waals surface area (Å²) in [6.07, 6.45) is 0. The van der Waals surface area contributed by atoms with Crippen molar-refractivity contribution in [1.29, 1.82) is 0 Å². The first kappa shape index (κ1) is 38.7. The second-order valence-electron chi connectivity index (χ2n) is 18.0. The third-order valence-corrected chi connectivity index (χ3v) is 15.5. The van der Waals surface area contributed by atoms with E-state index in [1.807, 2.05) is 11.3 Å². The van der Waals surface area contributed by atoms with Gasteiger partial charge in [-0.3, -0.25) is 0 Å². The predicted octanol–water partition coefficient (Wildman–Crippen LogP) is 17.2. The van der Waals surface area contributed by atoms with Gasteiger partial charge in [-0.2, -0.15) is 0 Å². The molecular formula is C65H40N2S. The lowest BCUT2D eigenvalue weighted by Gasteiger charge is -2.30. The van der Waals surface area contributed by atoms with E-state index in [1.165, 1.54) is 81.4 Å². The van der Waals surface area contributed by atoms with Gasteiger partial charge in [-0.1, -0.05) is 206 Å². The van der Waals surface area contributed by atoms with Gasteiger partial charge in [0.25, 0.3) is 0 Å². The number of benzene rings is 10. The molecule has 0 bridgehead atoms. The van der Waals surface area contributed by atoms with E-state index >= 15 is 0 Å². The molecule has 68 heavy (non-hydrogen) atoms. The van der Waals surface area contributed by atoms with Crippen molar-refractivity contribution in [3.8, 4) is 89.5 Å². The van der Waals surface area contributed by atoms with Crippen molar-refractivity contribution in [1.82, 2.24) is 9.97 Å². The Labute approximate surface area is 399 Å². The lowest BCUT2D eigenvalue weighted by molar-refractivity contribution is 0.794. The molecule has 3 heteroatoms. The monoisotopic (exact) mass is 880 g/mol. The molecule has 0 N–H and O–H groups in total. The van der Waals surface area contributed by atoms with Crippen LogP contribution >= 0.6 is 11.3 Å². The van der Waals surface area contributed by atoms with E-state index in [0.717, 1.165) is 44.8 Å². The van der Waals surface area contributed by atoms with E-state index in [4.69, 9.17) is 9.97 Å². The Morgan fingerprint density at radius 2 is 0.750 bits per heavy atom. The van der Waals surface area contributed by atoms with Crippen LogP contribution in [0.3, 0.4) is 0 Å². The summed E-state index contributed by atoms with van der Waals surface area (Å²) in [5.41, 5.74) is 21.8. The topological polar surface area (TPSA) is 25.8 Å². The summed E-state index contributed by atoms with van der Waals surface area (Å²) in [6.45, 7) is 0. The van der Waals surface area contributed by atoms with Crippen molar-refractivity contribution in [2.75, 3.05) is 0 Å². The zero-order valence-corrected chi connectivity index (χ0v) is 37.7. The van der Waals surface area contributed by atoms with Crippen molar-refractivity contribution in [3.63, 3.8) is 0 Å². The average Bonchev–Trinajstić information content (AvgIpc) is 4.05. The molecule has 0 radical (unpaired) electrons. The summed E-state index contributed by atoms with van der Waals surface area (Å²) in [7, 11) is 0. The van der Waals surface area contributed by atoms with E-state index < -0.39 is 5.41 Å². The number of fused-ring (bicyclic) bond motifs is 13. The van der Waals surface area contributed by atoms with Crippen molar-refractivity contribution >= 4 is 31.5 Å². The molecule has 2 aliphatic rings. The molecule has 2 aromatic heterocycles. The highest BCUT2D eigenvalue weighted by molar-refractivity contribution is 7.26. The smallest absolute Gasteiger partial charge is 0.160 e. The molecule has 0 fully saturated rings. The fraction of sp³-hybridized carbons (Fsp3) is 0.0154. The first-order valence-corrected chi connectivity index (χ1v) is 24.1. The molecule has 12 aromatic rings. The minimum Gasteiger partial charge on any atom is -0.228 e. The van der Waals surface area contributed by atoms with Gasteiger partial charge in [0.1, 0.15) is 0 Å². The molecule has 0 atom stereocenters. The van der Waals surface area contributed by atoms with E-state index in [0.29, 0.717) is 5.82 Å². The molecule has 10 aromatic carbocycles. The number of nitrogens with zero attached hydrogens (tertiary/aromatic N) is 2. The summed E-state index contributed by atoms with van der Waals surface area (Å²) in [6, 6.07) is 88.7. The third-order valence-electron chi connectivity index (χ3n) is 14.3. The van der Waals surface area contributed by atoms with Gasteiger partial charge in [-0.15, -0.1) is 11.3 Å². The average molecular weight is 881 g/mol. The van der Waals surface area contributed by atoms with Gasteiger partial charge in [0, 0.05) is 36.9 Å². The van der Waals surface area contributed by atoms with Crippen LogP contribution in [-0.4, -0.2) is 9.97 Å². The van der Waals surface area contributed by atoms with E-state index in [-0.39, 0.29) is 0 Å². The molecule has 2 aliphatic carbocycles. The molecule has 0 saturated heterocycles. The molecule has 0 aliphatic heterocycles. The van der Waals surface area contributed by atoms with E-state index in [9.17, 15) is 0 Å². The number of hydrogen-bond donors (Lipinski definition) is 0. The second-order valence-corrected chi connectivity index (χ2v) is 19.1. The second kappa shape index (κ2) is 15.3. The predicted molar refractivity (Wildman–Crippen MR) is 284 cm³/mol. The molecule has 2 nitrogen and oxygen atoms in total. The van der Waals surface area contributed by atoms with Gasteiger partial charge < -0.3 is 0 Å². The normalized spacial score (nSPS) is 12.8. The molecule has 0 unspecified atom stereocenters. The van der Waals surface area contributed by atoms with Crippen LogP contribution in [0.1, 0.15) is 22.3 Å².